The molecule has 4 nitrogen and oxygen atoms in total. The topological polar surface area (TPSA) is 46.9 Å². The van der Waals surface area contributed by atoms with Gasteiger partial charge in [-0.05, 0) is 59.9 Å². The van der Waals surface area contributed by atoms with Gasteiger partial charge in [-0.25, -0.2) is 4.98 Å². The van der Waals surface area contributed by atoms with E-state index in [1.54, 1.807) is 6.33 Å². The van der Waals surface area contributed by atoms with Gasteiger partial charge in [0.05, 0.1) is 18.1 Å². The van der Waals surface area contributed by atoms with Crippen molar-refractivity contribution < 1.29 is 4.79 Å². The summed E-state index contributed by atoms with van der Waals surface area (Å²) in [5, 5.41) is 3.09. The van der Waals surface area contributed by atoms with Gasteiger partial charge in [0.25, 0.3) is 5.91 Å². The predicted octanol–water partition coefficient (Wildman–Crippen LogP) is 4.73. The Morgan fingerprint density at radius 3 is 2.26 bits per heavy atom. The number of nitrogens with one attached hydrogen (secondary N) is 1. The summed E-state index contributed by atoms with van der Waals surface area (Å²) in [4.78, 5) is 16.9. The molecule has 1 N–H and O–H groups in total. The first kappa shape index (κ1) is 18.9. The van der Waals surface area contributed by atoms with Crippen molar-refractivity contribution in [3.63, 3.8) is 0 Å². The van der Waals surface area contributed by atoms with Gasteiger partial charge in [0.2, 0.25) is 0 Å². The highest BCUT2D eigenvalue weighted by Crippen LogP contribution is 2.42. The summed E-state index contributed by atoms with van der Waals surface area (Å²) < 4.78 is 1.99. The third-order valence-corrected chi connectivity index (χ3v) is 5.62. The molecule has 0 saturated heterocycles. The molecule has 0 unspecified atom stereocenters. The fourth-order valence-corrected chi connectivity index (χ4v) is 4.18. The number of hydrogen-bond donors (Lipinski definition) is 1. The number of benzene rings is 3. The number of imidazole rings is 1. The lowest BCUT2D eigenvalue weighted by molar-refractivity contribution is -0.116. The van der Waals surface area contributed by atoms with Crippen molar-refractivity contribution in [2.24, 2.45) is 0 Å². The van der Waals surface area contributed by atoms with E-state index in [0.29, 0.717) is 0 Å². The van der Waals surface area contributed by atoms with Crippen LogP contribution in [-0.4, -0.2) is 15.5 Å². The third-order valence-electron chi connectivity index (χ3n) is 5.62. The van der Waals surface area contributed by atoms with Gasteiger partial charge in [-0.15, -0.1) is 0 Å². The monoisotopic (exact) mass is 403 g/mol. The number of rotatable bonds is 2. The number of amides is 1. The number of hydrogen-bond acceptors (Lipinski definition) is 2. The molecule has 0 bridgehead atoms. The Kier molecular flexibility index (Phi) is 4.65. The van der Waals surface area contributed by atoms with Crippen molar-refractivity contribution in [2.75, 3.05) is 0 Å². The highest BCUT2D eigenvalue weighted by Gasteiger charge is 2.28. The molecular weight excluding hydrogens is 382 g/mol. The first-order valence-electron chi connectivity index (χ1n) is 10.2. The average Bonchev–Trinajstić information content (AvgIpc) is 3.34. The summed E-state index contributed by atoms with van der Waals surface area (Å²) >= 11 is 0. The molecule has 1 heterocycles. The van der Waals surface area contributed by atoms with Crippen LogP contribution >= 0.6 is 0 Å². The summed E-state index contributed by atoms with van der Waals surface area (Å²) in [7, 11) is 0. The molecule has 4 aromatic rings. The van der Waals surface area contributed by atoms with Crippen molar-refractivity contribution in [2.45, 2.75) is 19.9 Å². The molecule has 1 aromatic heterocycles. The first-order valence-corrected chi connectivity index (χ1v) is 10.2. The molecule has 0 atom stereocenters. The van der Waals surface area contributed by atoms with Crippen LogP contribution in [-0.2, 0) is 4.79 Å². The van der Waals surface area contributed by atoms with Gasteiger partial charge in [-0.1, -0.05) is 54.5 Å². The van der Waals surface area contributed by atoms with E-state index in [0.717, 1.165) is 44.8 Å². The summed E-state index contributed by atoms with van der Waals surface area (Å²) in [5.74, 6) is 5.47. The standard InChI is InChI=1S/C27H21N3O/c1-18-15-20(11-13-25(18)30-16-19(2)28-17-30)12-14-26(31)29-27-23-9-5-3-7-21(23)22-8-4-6-10-24(22)27/h3-11,13,15-17,27H,1-2H3,(H,29,31). The van der Waals surface area contributed by atoms with Crippen molar-refractivity contribution in [1.29, 1.82) is 0 Å². The van der Waals surface area contributed by atoms with Gasteiger partial charge in [0, 0.05) is 23.4 Å². The lowest BCUT2D eigenvalue weighted by Gasteiger charge is -2.13. The minimum Gasteiger partial charge on any atom is -0.334 e. The molecule has 0 saturated carbocycles. The fourth-order valence-electron chi connectivity index (χ4n) is 4.18. The molecule has 1 aliphatic rings. The fraction of sp³-hybridized carbons (Fsp3) is 0.111. The number of fused-ring (bicyclic) bond motifs is 3. The quantitative estimate of drug-likeness (QED) is 0.492. The van der Waals surface area contributed by atoms with Crippen LogP contribution in [0.25, 0.3) is 16.8 Å². The molecule has 1 aliphatic carbocycles. The van der Waals surface area contributed by atoms with Gasteiger partial charge in [-0.3, -0.25) is 4.79 Å². The maximum Gasteiger partial charge on any atom is 0.296 e. The van der Waals surface area contributed by atoms with E-state index in [2.05, 4.69) is 46.4 Å². The second kappa shape index (κ2) is 7.62. The van der Waals surface area contributed by atoms with Gasteiger partial charge < -0.3 is 9.88 Å². The van der Waals surface area contributed by atoms with E-state index in [1.807, 2.05) is 67.1 Å². The summed E-state index contributed by atoms with van der Waals surface area (Å²) in [5.41, 5.74) is 8.44. The Morgan fingerprint density at radius 1 is 0.968 bits per heavy atom. The number of carbonyl (C=O) groups is 1. The van der Waals surface area contributed by atoms with Crippen molar-refractivity contribution in [1.82, 2.24) is 14.9 Å². The zero-order valence-electron chi connectivity index (χ0n) is 17.4. The van der Waals surface area contributed by atoms with Crippen molar-refractivity contribution >= 4 is 5.91 Å². The van der Waals surface area contributed by atoms with Gasteiger partial charge in [0.1, 0.15) is 0 Å². The molecule has 4 heteroatoms. The Balaban J connectivity index is 1.37. The Morgan fingerprint density at radius 2 is 1.65 bits per heavy atom. The van der Waals surface area contributed by atoms with E-state index >= 15 is 0 Å². The normalized spacial score (nSPS) is 11.9. The zero-order valence-corrected chi connectivity index (χ0v) is 17.4. The highest BCUT2D eigenvalue weighted by molar-refractivity contribution is 5.95. The molecule has 0 spiro atoms. The maximum absolute atomic E-state index is 12.7. The summed E-state index contributed by atoms with van der Waals surface area (Å²) in [6, 6.07) is 22.1. The molecule has 0 fully saturated rings. The van der Waals surface area contributed by atoms with E-state index in [4.69, 9.17) is 0 Å². The van der Waals surface area contributed by atoms with Crippen LogP contribution in [0.3, 0.4) is 0 Å². The van der Waals surface area contributed by atoms with Crippen LogP contribution < -0.4 is 5.32 Å². The molecule has 31 heavy (non-hydrogen) atoms. The lowest BCUT2D eigenvalue weighted by Crippen LogP contribution is -2.26. The third kappa shape index (κ3) is 3.51. The minimum absolute atomic E-state index is 0.178. The molecule has 150 valence electrons. The van der Waals surface area contributed by atoms with E-state index in [1.165, 1.54) is 0 Å². The largest absolute Gasteiger partial charge is 0.334 e. The van der Waals surface area contributed by atoms with Crippen LogP contribution in [0.2, 0.25) is 0 Å². The van der Waals surface area contributed by atoms with E-state index in [-0.39, 0.29) is 11.9 Å². The van der Waals surface area contributed by atoms with Gasteiger partial charge in [0.15, 0.2) is 0 Å². The summed E-state index contributed by atoms with van der Waals surface area (Å²) in [6.07, 6.45) is 3.78. The summed E-state index contributed by atoms with van der Waals surface area (Å²) in [6.45, 7) is 3.99. The van der Waals surface area contributed by atoms with Crippen LogP contribution in [0.1, 0.15) is 34.0 Å². The minimum atomic E-state index is -0.288. The van der Waals surface area contributed by atoms with Crippen molar-refractivity contribution in [3.05, 3.63) is 107 Å². The second-order valence-corrected chi connectivity index (χ2v) is 7.75. The Bertz CT molecular complexity index is 1320. The zero-order chi connectivity index (χ0) is 21.4. The van der Waals surface area contributed by atoms with Crippen LogP contribution in [0.4, 0.5) is 0 Å². The smallest absolute Gasteiger partial charge is 0.296 e. The molecule has 0 aliphatic heterocycles. The van der Waals surface area contributed by atoms with Gasteiger partial charge in [-0.2, -0.15) is 0 Å². The van der Waals surface area contributed by atoms with Crippen LogP contribution in [0.5, 0.6) is 0 Å². The molecular formula is C27H21N3O. The number of aromatic nitrogens is 2. The maximum atomic E-state index is 12.7. The highest BCUT2D eigenvalue weighted by atomic mass is 16.1. The Hall–Kier alpha value is -4.10. The first-order chi connectivity index (χ1) is 15.1. The molecule has 0 radical (unpaired) electrons. The molecule has 1 amide bonds. The molecule has 5 rings (SSSR count). The number of nitrogens with zero attached hydrogens (tertiary/aromatic N) is 2. The Labute approximate surface area is 181 Å². The SMILES string of the molecule is Cc1cn(-c2ccc(C#CC(=O)NC3c4ccccc4-c4ccccc43)cc2C)cn1. The van der Waals surface area contributed by atoms with Gasteiger partial charge >= 0.3 is 0 Å². The average molecular weight is 403 g/mol. The predicted molar refractivity (Wildman–Crippen MR) is 122 cm³/mol. The van der Waals surface area contributed by atoms with E-state index in [9.17, 15) is 4.79 Å². The van der Waals surface area contributed by atoms with Crippen LogP contribution in [0, 0.1) is 25.7 Å². The molecule has 3 aromatic carbocycles. The van der Waals surface area contributed by atoms with E-state index < -0.39 is 0 Å². The second-order valence-electron chi connectivity index (χ2n) is 7.75. The number of carbonyl (C=O) groups excluding carboxylic acids is 1. The van der Waals surface area contributed by atoms with Crippen molar-refractivity contribution in [3.8, 4) is 28.7 Å². The lowest BCUT2D eigenvalue weighted by atomic mass is 10.1. The number of aryl methyl sites for hydroxylation is 2. The van der Waals surface area contributed by atoms with Crippen LogP contribution in [0.15, 0.2) is 79.3 Å².